The predicted octanol–water partition coefficient (Wildman–Crippen LogP) is 5.01. The Balaban J connectivity index is 1.05. The summed E-state index contributed by atoms with van der Waals surface area (Å²) in [5.41, 5.74) is 2.71. The number of nitrogens with zero attached hydrogens (tertiary/aromatic N) is 3. The van der Waals surface area contributed by atoms with E-state index < -0.39 is 0 Å². The van der Waals surface area contributed by atoms with Gasteiger partial charge >= 0.3 is 5.91 Å². The molecule has 3 heterocycles. The number of nitroso groups, excluding NO2 is 1. The maximum Gasteiger partial charge on any atom is 0.443 e. The van der Waals surface area contributed by atoms with Crippen LogP contribution in [-0.2, 0) is 11.2 Å². The molecule has 2 aliphatic heterocycles. The van der Waals surface area contributed by atoms with Gasteiger partial charge in [0.1, 0.15) is 10.5 Å². The van der Waals surface area contributed by atoms with Crippen molar-refractivity contribution in [2.24, 2.45) is 5.92 Å². The molecule has 33 heavy (non-hydrogen) atoms. The average Bonchev–Trinajstić information content (AvgIpc) is 3.32. The minimum absolute atomic E-state index is 0.257. The third-order valence-corrected chi connectivity index (χ3v) is 7.63. The molecule has 0 spiro atoms. The molecule has 0 aliphatic carbocycles. The van der Waals surface area contributed by atoms with Crippen LogP contribution in [0.5, 0.6) is 5.75 Å². The Bertz CT molecular complexity index is 1170. The lowest BCUT2D eigenvalue weighted by molar-refractivity contribution is -0.395. The SMILES string of the molecule is CC1Cc2ccc(OCCCCN3CCN(c4cccc5sccc45)CC3)cc2[N+](=O)C1=O. The quantitative estimate of drug-likeness (QED) is 0.363. The number of amides is 1. The van der Waals surface area contributed by atoms with Gasteiger partial charge in [0.15, 0.2) is 0 Å². The fourth-order valence-electron chi connectivity index (χ4n) is 4.82. The first-order valence-corrected chi connectivity index (χ1v) is 12.7. The number of benzene rings is 2. The van der Waals surface area contributed by atoms with Gasteiger partial charge in [-0.1, -0.05) is 6.07 Å². The van der Waals surface area contributed by atoms with Gasteiger partial charge < -0.3 is 9.64 Å². The normalized spacial score (nSPS) is 19.2. The molecular weight excluding hydrogens is 434 g/mol. The Morgan fingerprint density at radius 3 is 2.79 bits per heavy atom. The summed E-state index contributed by atoms with van der Waals surface area (Å²) < 4.78 is 7.76. The van der Waals surface area contributed by atoms with Crippen LogP contribution < -0.4 is 9.64 Å². The Labute approximate surface area is 198 Å². The number of carbonyl (C=O) groups excluding carboxylic acids is 1. The van der Waals surface area contributed by atoms with Crippen molar-refractivity contribution >= 4 is 38.7 Å². The topological polar surface area (TPSA) is 52.9 Å². The van der Waals surface area contributed by atoms with Crippen molar-refractivity contribution in [1.29, 1.82) is 0 Å². The van der Waals surface area contributed by atoms with Gasteiger partial charge in [0.2, 0.25) is 0 Å². The first-order chi connectivity index (χ1) is 16.1. The number of hydrogen-bond donors (Lipinski definition) is 0. The monoisotopic (exact) mass is 464 g/mol. The first kappa shape index (κ1) is 22.0. The number of fused-ring (bicyclic) bond motifs is 2. The van der Waals surface area contributed by atoms with Crippen LogP contribution in [0.1, 0.15) is 25.3 Å². The van der Waals surface area contributed by atoms with Gasteiger partial charge in [-0.2, -0.15) is 0 Å². The highest BCUT2D eigenvalue weighted by molar-refractivity contribution is 7.17. The van der Waals surface area contributed by atoms with Gasteiger partial charge in [-0.05, 0) is 68.4 Å². The van der Waals surface area contributed by atoms with Crippen molar-refractivity contribution in [3.8, 4) is 5.75 Å². The van der Waals surface area contributed by atoms with Gasteiger partial charge in [-0.25, -0.2) is 4.79 Å². The molecule has 3 aromatic rings. The summed E-state index contributed by atoms with van der Waals surface area (Å²) in [4.78, 5) is 29.2. The van der Waals surface area contributed by atoms with E-state index in [1.54, 1.807) is 24.3 Å². The lowest BCUT2D eigenvalue weighted by Gasteiger charge is -2.36. The number of unbranched alkanes of at least 4 members (excludes halogenated alkanes) is 1. The molecule has 5 rings (SSSR count). The summed E-state index contributed by atoms with van der Waals surface area (Å²) in [6.07, 6.45) is 2.65. The zero-order chi connectivity index (χ0) is 22.8. The minimum atomic E-state index is -0.369. The van der Waals surface area contributed by atoms with Crippen molar-refractivity contribution in [3.63, 3.8) is 0 Å². The van der Waals surface area contributed by atoms with E-state index in [4.69, 9.17) is 4.74 Å². The maximum atomic E-state index is 12.2. The van der Waals surface area contributed by atoms with Crippen LogP contribution >= 0.6 is 11.3 Å². The molecule has 0 bridgehead atoms. The molecule has 1 unspecified atom stereocenters. The van der Waals surface area contributed by atoms with E-state index in [-0.39, 0.29) is 11.8 Å². The molecule has 6 nitrogen and oxygen atoms in total. The predicted molar refractivity (Wildman–Crippen MR) is 133 cm³/mol. The molecule has 0 saturated carbocycles. The number of hydrogen-bond acceptors (Lipinski definition) is 6. The summed E-state index contributed by atoms with van der Waals surface area (Å²) >= 11 is 1.81. The summed E-state index contributed by atoms with van der Waals surface area (Å²) in [7, 11) is 0. The van der Waals surface area contributed by atoms with Crippen molar-refractivity contribution in [2.45, 2.75) is 26.2 Å². The second-order valence-electron chi connectivity index (χ2n) is 9.02. The van der Waals surface area contributed by atoms with E-state index in [1.165, 1.54) is 15.8 Å². The van der Waals surface area contributed by atoms with Gasteiger partial charge in [0.05, 0.1) is 18.6 Å². The van der Waals surface area contributed by atoms with Crippen LogP contribution in [0, 0.1) is 10.8 Å². The Morgan fingerprint density at radius 2 is 1.94 bits per heavy atom. The second-order valence-corrected chi connectivity index (χ2v) is 9.97. The largest absolute Gasteiger partial charge is 0.493 e. The van der Waals surface area contributed by atoms with Gasteiger partial charge in [-0.3, -0.25) is 4.90 Å². The van der Waals surface area contributed by atoms with E-state index in [2.05, 4.69) is 39.4 Å². The summed E-state index contributed by atoms with van der Waals surface area (Å²) in [5.74, 6) is 0.0351. The van der Waals surface area contributed by atoms with Gasteiger partial charge in [0, 0.05) is 52.4 Å². The first-order valence-electron chi connectivity index (χ1n) is 11.8. The number of anilines is 1. The van der Waals surface area contributed by atoms with Crippen LogP contribution in [-0.4, -0.2) is 54.9 Å². The molecule has 0 radical (unpaired) electrons. The van der Waals surface area contributed by atoms with Crippen LogP contribution in [0.3, 0.4) is 0 Å². The highest BCUT2D eigenvalue weighted by atomic mass is 32.1. The zero-order valence-electron chi connectivity index (χ0n) is 19.0. The molecule has 2 aliphatic rings. The lowest BCUT2D eigenvalue weighted by Crippen LogP contribution is -2.46. The van der Waals surface area contributed by atoms with Gasteiger partial charge in [-0.15, -0.1) is 11.3 Å². The standard InChI is InChI=1S/C26H30N3O3S/c1-19-17-20-7-8-21(18-24(20)29(31)26(19)30)32-15-3-2-10-27-11-13-28(14-12-27)23-5-4-6-25-22(23)9-16-33-25/h4-9,16,18-19H,2-3,10-15,17H2,1H3/q+1. The third-order valence-electron chi connectivity index (χ3n) is 6.75. The number of ether oxygens (including phenoxy) is 1. The Kier molecular flexibility index (Phi) is 6.42. The van der Waals surface area contributed by atoms with Crippen LogP contribution in [0.25, 0.3) is 10.1 Å². The fourth-order valence-corrected chi connectivity index (χ4v) is 5.63. The fraction of sp³-hybridized carbons (Fsp3) is 0.423. The Morgan fingerprint density at radius 1 is 1.09 bits per heavy atom. The van der Waals surface area contributed by atoms with Crippen molar-refractivity contribution < 1.29 is 14.3 Å². The lowest BCUT2D eigenvalue weighted by atomic mass is 9.94. The van der Waals surface area contributed by atoms with Crippen LogP contribution in [0.2, 0.25) is 0 Å². The molecule has 7 heteroatoms. The molecule has 0 N–H and O–H groups in total. The van der Waals surface area contributed by atoms with Crippen molar-refractivity contribution in [3.05, 3.63) is 58.3 Å². The number of piperazine rings is 1. The van der Waals surface area contributed by atoms with E-state index >= 15 is 0 Å². The van der Waals surface area contributed by atoms with Crippen molar-refractivity contribution in [1.82, 2.24) is 4.90 Å². The molecular formula is C26H30N3O3S+. The third kappa shape index (κ3) is 4.66. The Hall–Kier alpha value is -2.77. The van der Waals surface area contributed by atoms with E-state index in [0.29, 0.717) is 29.2 Å². The molecule has 2 aromatic carbocycles. The molecule has 1 saturated heterocycles. The summed E-state index contributed by atoms with van der Waals surface area (Å²) in [6, 6.07) is 14.4. The van der Waals surface area contributed by atoms with E-state index in [9.17, 15) is 9.70 Å². The minimum Gasteiger partial charge on any atom is -0.493 e. The van der Waals surface area contributed by atoms with E-state index in [0.717, 1.165) is 51.1 Å². The second kappa shape index (κ2) is 9.61. The maximum absolute atomic E-state index is 12.2. The average molecular weight is 465 g/mol. The molecule has 1 aromatic heterocycles. The highest BCUT2D eigenvalue weighted by Crippen LogP contribution is 2.33. The molecule has 172 valence electrons. The van der Waals surface area contributed by atoms with E-state index in [1.807, 2.05) is 12.1 Å². The smallest absolute Gasteiger partial charge is 0.443 e. The molecule has 1 fully saturated rings. The molecule has 1 amide bonds. The van der Waals surface area contributed by atoms with Crippen molar-refractivity contribution in [2.75, 3.05) is 44.2 Å². The number of rotatable bonds is 7. The number of thiophene rings is 1. The number of carbonyl (C=O) groups is 1. The summed E-state index contributed by atoms with van der Waals surface area (Å²) in [5, 5.41) is 3.54. The highest BCUT2D eigenvalue weighted by Gasteiger charge is 2.39. The van der Waals surface area contributed by atoms with Crippen LogP contribution in [0.15, 0.2) is 47.8 Å². The zero-order valence-corrected chi connectivity index (χ0v) is 19.9. The van der Waals surface area contributed by atoms with Gasteiger partial charge in [0.25, 0.3) is 5.69 Å². The summed E-state index contributed by atoms with van der Waals surface area (Å²) in [6.45, 7) is 7.76. The molecule has 1 atom stereocenters. The van der Waals surface area contributed by atoms with Crippen LogP contribution in [0.4, 0.5) is 11.4 Å².